The fourth-order valence-corrected chi connectivity index (χ4v) is 3.30. The van der Waals surface area contributed by atoms with Crippen LogP contribution in [0.1, 0.15) is 37.4 Å². The molecule has 2 heterocycles. The lowest BCUT2D eigenvalue weighted by Crippen LogP contribution is -2.05. The van der Waals surface area contributed by atoms with E-state index in [1.165, 1.54) is 30.5 Å². The fourth-order valence-electron chi connectivity index (χ4n) is 2.37. The maximum atomic E-state index is 13.7. The molecule has 0 amide bonds. The smallest absolute Gasteiger partial charge is 0.338 e. The number of carbonyl (C=O) groups is 2. The summed E-state index contributed by atoms with van der Waals surface area (Å²) in [5.41, 5.74) is 0.759. The van der Waals surface area contributed by atoms with Crippen LogP contribution in [0.5, 0.6) is 5.75 Å². The Balaban J connectivity index is 0.000000757. The molecule has 0 fully saturated rings. The highest BCUT2D eigenvalue weighted by Crippen LogP contribution is 2.27. The Morgan fingerprint density at radius 2 is 1.61 bits per heavy atom. The summed E-state index contributed by atoms with van der Waals surface area (Å²) in [6.45, 7) is 4.45. The van der Waals surface area contributed by atoms with Crippen molar-refractivity contribution < 1.29 is 31.8 Å². The summed E-state index contributed by atoms with van der Waals surface area (Å²) in [7, 11) is 0. The van der Waals surface area contributed by atoms with E-state index in [0.29, 0.717) is 34.1 Å². The first-order valence-electron chi connectivity index (χ1n) is 9.34. The standard InChI is InChI=1S/C16H15ClFNO3.C6H3BrClNO2.2H2/c1-9(2)8-22-12-4-10(3-11(18)5-12)15-6-14(17)13(7-19-15)16(20)21;7-5-1-4(8)3(2-9-5)6(10)11;;/h3-7,9H,8H2,1-2H3,(H,20,21);1-2H,(H,10,11);2*1H. The van der Waals surface area contributed by atoms with Crippen LogP contribution in [-0.4, -0.2) is 38.7 Å². The van der Waals surface area contributed by atoms with E-state index in [1.54, 1.807) is 6.07 Å². The normalized spacial score (nSPS) is 10.4. The van der Waals surface area contributed by atoms with Crippen molar-refractivity contribution in [1.29, 1.82) is 0 Å². The van der Waals surface area contributed by atoms with Crippen LogP contribution in [0.3, 0.4) is 0 Å². The Bertz CT molecular complexity index is 1190. The van der Waals surface area contributed by atoms with Gasteiger partial charge in [-0.1, -0.05) is 37.0 Å². The van der Waals surface area contributed by atoms with Gasteiger partial charge in [0.25, 0.3) is 0 Å². The minimum atomic E-state index is -1.16. The second-order valence-electron chi connectivity index (χ2n) is 7.03. The molecule has 33 heavy (non-hydrogen) atoms. The van der Waals surface area contributed by atoms with Crippen LogP contribution in [0.2, 0.25) is 10.0 Å². The van der Waals surface area contributed by atoms with Crippen LogP contribution < -0.4 is 4.74 Å². The van der Waals surface area contributed by atoms with Crippen molar-refractivity contribution in [3.8, 4) is 17.0 Å². The molecule has 2 N–H and O–H groups in total. The summed E-state index contributed by atoms with van der Waals surface area (Å²) in [5.74, 6) is -1.99. The summed E-state index contributed by atoms with van der Waals surface area (Å²) in [6, 6.07) is 7.06. The highest BCUT2D eigenvalue weighted by atomic mass is 79.9. The Hall–Kier alpha value is -2.75. The van der Waals surface area contributed by atoms with Gasteiger partial charge in [-0.2, -0.15) is 0 Å². The van der Waals surface area contributed by atoms with Crippen LogP contribution >= 0.6 is 39.1 Å². The third-order valence-corrected chi connectivity index (χ3v) is 4.94. The first-order valence-corrected chi connectivity index (χ1v) is 10.9. The zero-order chi connectivity index (χ0) is 24.7. The molecule has 1 aromatic carbocycles. The third-order valence-electron chi connectivity index (χ3n) is 3.88. The molecule has 178 valence electrons. The van der Waals surface area contributed by atoms with E-state index in [0.717, 1.165) is 6.20 Å². The minimum absolute atomic E-state index is 0. The van der Waals surface area contributed by atoms with Gasteiger partial charge in [-0.05, 0) is 46.1 Å². The number of ether oxygens (including phenoxy) is 1. The molecule has 0 spiro atoms. The molecular weight excluding hydrogens is 542 g/mol. The molecule has 0 saturated carbocycles. The number of aromatic nitrogens is 2. The number of carboxylic acids is 2. The maximum Gasteiger partial charge on any atom is 0.338 e. The van der Waals surface area contributed by atoms with Gasteiger partial charge in [0.2, 0.25) is 0 Å². The van der Waals surface area contributed by atoms with Crippen LogP contribution in [-0.2, 0) is 0 Å². The molecule has 0 aliphatic rings. The minimum Gasteiger partial charge on any atom is -0.493 e. The zero-order valence-corrected chi connectivity index (χ0v) is 20.4. The number of halogens is 4. The van der Waals surface area contributed by atoms with Crippen molar-refractivity contribution in [3.63, 3.8) is 0 Å². The Morgan fingerprint density at radius 3 is 2.12 bits per heavy atom. The highest BCUT2D eigenvalue weighted by molar-refractivity contribution is 9.10. The molecular formula is C22H22BrCl2FN2O5. The van der Waals surface area contributed by atoms with Crippen LogP contribution in [0, 0.1) is 11.7 Å². The average Bonchev–Trinajstić information content (AvgIpc) is 2.71. The Morgan fingerprint density at radius 1 is 1.03 bits per heavy atom. The molecule has 0 saturated heterocycles. The number of hydrogen-bond acceptors (Lipinski definition) is 5. The summed E-state index contributed by atoms with van der Waals surface area (Å²) >= 11 is 14.5. The second-order valence-corrected chi connectivity index (χ2v) is 8.65. The highest BCUT2D eigenvalue weighted by Gasteiger charge is 2.13. The van der Waals surface area contributed by atoms with Crippen LogP contribution in [0.25, 0.3) is 11.3 Å². The first-order chi connectivity index (χ1) is 15.5. The molecule has 0 bridgehead atoms. The molecule has 3 rings (SSSR count). The second kappa shape index (κ2) is 11.9. The monoisotopic (exact) mass is 562 g/mol. The molecule has 0 aliphatic heterocycles. The van der Waals surface area contributed by atoms with Gasteiger partial charge in [0.15, 0.2) is 0 Å². The van der Waals surface area contributed by atoms with E-state index < -0.39 is 17.8 Å². The number of nitrogens with zero attached hydrogens (tertiary/aromatic N) is 2. The first kappa shape index (κ1) is 26.5. The third kappa shape index (κ3) is 7.96. The quantitative estimate of drug-likeness (QED) is 0.312. The van der Waals surface area contributed by atoms with Gasteiger partial charge in [-0.25, -0.2) is 19.0 Å². The van der Waals surface area contributed by atoms with Crippen molar-refractivity contribution in [2.24, 2.45) is 5.92 Å². The van der Waals surface area contributed by atoms with E-state index >= 15 is 0 Å². The number of aromatic carboxylic acids is 2. The molecule has 7 nitrogen and oxygen atoms in total. The Kier molecular flexibility index (Phi) is 9.57. The lowest BCUT2D eigenvalue weighted by molar-refractivity contribution is 0.0685. The molecule has 11 heteroatoms. The summed E-state index contributed by atoms with van der Waals surface area (Å²) in [6.07, 6.45) is 2.36. The van der Waals surface area contributed by atoms with E-state index in [1.807, 2.05) is 13.8 Å². The maximum absolute atomic E-state index is 13.7. The molecule has 0 radical (unpaired) electrons. The van der Waals surface area contributed by atoms with Crippen molar-refractivity contribution >= 4 is 51.1 Å². The van der Waals surface area contributed by atoms with Crippen LogP contribution in [0.15, 0.2) is 47.3 Å². The Labute approximate surface area is 210 Å². The van der Waals surface area contributed by atoms with Gasteiger partial charge in [-0.3, -0.25) is 4.98 Å². The largest absolute Gasteiger partial charge is 0.493 e. The van der Waals surface area contributed by atoms with Gasteiger partial charge in [-0.15, -0.1) is 0 Å². The number of carboxylic acid groups (broad SMARTS) is 2. The number of rotatable bonds is 6. The van der Waals surface area contributed by atoms with E-state index in [9.17, 15) is 14.0 Å². The van der Waals surface area contributed by atoms with Gasteiger partial charge < -0.3 is 14.9 Å². The number of pyridine rings is 2. The summed E-state index contributed by atoms with van der Waals surface area (Å²) in [5, 5.41) is 17.7. The van der Waals surface area contributed by atoms with Gasteiger partial charge in [0.1, 0.15) is 16.2 Å². The number of benzene rings is 1. The lowest BCUT2D eigenvalue weighted by Gasteiger charge is -2.11. The van der Waals surface area contributed by atoms with Gasteiger partial charge in [0, 0.05) is 26.9 Å². The van der Waals surface area contributed by atoms with E-state index in [2.05, 4.69) is 25.9 Å². The van der Waals surface area contributed by atoms with E-state index in [4.69, 9.17) is 38.2 Å². The SMILES string of the molecule is CC(C)COc1cc(F)cc(-c2cc(Cl)c(C(=O)O)cn2)c1.O=C(O)c1cnc(Br)cc1Cl.[HH].[HH]. The summed E-state index contributed by atoms with van der Waals surface area (Å²) < 4.78 is 19.7. The van der Waals surface area contributed by atoms with E-state index in [-0.39, 0.29) is 24.0 Å². The van der Waals surface area contributed by atoms with Crippen molar-refractivity contribution in [3.05, 3.63) is 74.3 Å². The fraction of sp³-hybridized carbons (Fsp3) is 0.182. The topological polar surface area (TPSA) is 110 Å². The molecule has 0 atom stereocenters. The predicted octanol–water partition coefficient (Wildman–Crippen LogP) is 6.96. The average molecular weight is 564 g/mol. The van der Waals surface area contributed by atoms with Gasteiger partial charge in [0.05, 0.1) is 33.5 Å². The zero-order valence-electron chi connectivity index (χ0n) is 17.4. The molecule has 0 aliphatic carbocycles. The predicted molar refractivity (Wildman–Crippen MR) is 130 cm³/mol. The molecule has 0 unspecified atom stereocenters. The number of hydrogen-bond donors (Lipinski definition) is 2. The van der Waals surface area contributed by atoms with Crippen LogP contribution in [0.4, 0.5) is 4.39 Å². The lowest BCUT2D eigenvalue weighted by atomic mass is 10.1. The molecule has 3 aromatic rings. The van der Waals surface area contributed by atoms with Gasteiger partial charge >= 0.3 is 11.9 Å². The molecule has 2 aromatic heterocycles. The summed E-state index contributed by atoms with van der Waals surface area (Å²) in [4.78, 5) is 29.0. The van der Waals surface area contributed by atoms with Crippen molar-refractivity contribution in [2.75, 3.05) is 6.61 Å². The van der Waals surface area contributed by atoms with Crippen molar-refractivity contribution in [2.45, 2.75) is 13.8 Å². The van der Waals surface area contributed by atoms with Crippen molar-refractivity contribution in [1.82, 2.24) is 9.97 Å².